The zero-order chi connectivity index (χ0) is 26.9. The van der Waals surface area contributed by atoms with E-state index in [2.05, 4.69) is 0 Å². The van der Waals surface area contributed by atoms with Crippen LogP contribution in [0.1, 0.15) is 41.5 Å². The summed E-state index contributed by atoms with van der Waals surface area (Å²) < 4.78 is 31.7. The number of aliphatic hydroxyl groups excluding tert-OH is 6. The molecule has 6 atom stereocenters. The summed E-state index contributed by atoms with van der Waals surface area (Å²) in [7, 11) is 0. The van der Waals surface area contributed by atoms with Crippen molar-refractivity contribution in [3.05, 3.63) is 0 Å². The van der Waals surface area contributed by atoms with Gasteiger partial charge in [0, 0.05) is 91.7 Å². The van der Waals surface area contributed by atoms with Crippen molar-refractivity contribution in [1.29, 1.82) is 0 Å². The Bertz CT molecular complexity index is 412. The van der Waals surface area contributed by atoms with Crippen LogP contribution in [-0.4, -0.2) is 139 Å². The number of carbonyl (C=O) groups is 1. The van der Waals surface area contributed by atoms with Gasteiger partial charge in [-0.15, -0.1) is 0 Å². The molecule has 0 amide bonds. The van der Waals surface area contributed by atoms with Crippen molar-refractivity contribution in [1.82, 2.24) is 9.80 Å². The minimum Gasteiger partial charge on any atom is -0.475 e. The van der Waals surface area contributed by atoms with Crippen LogP contribution in [0.5, 0.6) is 0 Å². The third kappa shape index (κ3) is 41.8. The Balaban J connectivity index is -0.0000000938. The Morgan fingerprint density at radius 3 is 0.750 bits per heavy atom. The van der Waals surface area contributed by atoms with Gasteiger partial charge in [0.25, 0.3) is 0 Å². The molecule has 0 saturated carbocycles. The Kier molecular flexibility index (Phi) is 37.5. The first kappa shape index (κ1) is 49.6. The second-order valence-electron chi connectivity index (χ2n) is 8.33. The third-order valence-corrected chi connectivity index (χ3v) is 3.38. The number of hydrogen-bond acceptors (Lipinski definition) is 9. The first-order valence-corrected chi connectivity index (χ1v) is 10.6. The van der Waals surface area contributed by atoms with E-state index in [1.165, 1.54) is 0 Å². The Morgan fingerprint density at radius 2 is 0.694 bits per heavy atom. The Morgan fingerprint density at radius 1 is 0.583 bits per heavy atom. The molecular weight excluding hydrogens is 652 g/mol. The summed E-state index contributed by atoms with van der Waals surface area (Å²) in [5, 5.41) is 62.0. The van der Waals surface area contributed by atoms with E-state index in [-0.39, 0.29) is 57.9 Å². The van der Waals surface area contributed by atoms with Crippen molar-refractivity contribution in [3.8, 4) is 0 Å². The second kappa shape index (κ2) is 27.2. The molecule has 11 nitrogen and oxygen atoms in total. The summed E-state index contributed by atoms with van der Waals surface area (Å²) in [6, 6.07) is 0. The number of nitrogens with zero attached hydrogens (tertiary/aromatic N) is 2. The van der Waals surface area contributed by atoms with E-state index in [0.717, 1.165) is 0 Å². The van der Waals surface area contributed by atoms with Crippen molar-refractivity contribution in [2.75, 3.05) is 39.3 Å². The van der Waals surface area contributed by atoms with E-state index < -0.39 is 48.8 Å². The minimum absolute atomic E-state index is 0. The molecule has 0 heterocycles. The fourth-order valence-electron chi connectivity index (χ4n) is 2.69. The molecule has 0 radical (unpaired) electrons. The number of hydrogen-bond donors (Lipinski definition) is 7. The van der Waals surface area contributed by atoms with E-state index in [9.17, 15) is 13.2 Å². The van der Waals surface area contributed by atoms with Crippen LogP contribution in [0.3, 0.4) is 0 Å². The summed E-state index contributed by atoms with van der Waals surface area (Å²) in [6.07, 6.45) is -7.68. The molecule has 0 rings (SSSR count). The first-order valence-electron chi connectivity index (χ1n) is 10.6. The fraction of sp³-hybridized carbons (Fsp3) is 0.950. The third-order valence-electron chi connectivity index (χ3n) is 3.38. The van der Waals surface area contributed by atoms with Crippen molar-refractivity contribution in [2.45, 2.75) is 84.3 Å². The van der Waals surface area contributed by atoms with Crippen LogP contribution in [0.25, 0.3) is 0 Å². The molecule has 218 valence electrons. The summed E-state index contributed by atoms with van der Waals surface area (Å²) >= 11 is 0. The molecule has 0 aromatic heterocycles. The number of carboxylic acid groups (broad SMARTS) is 1. The van der Waals surface area contributed by atoms with Crippen LogP contribution in [-0.2, 0) is 57.2 Å². The number of carboxylic acids is 1. The molecule has 0 aliphatic carbocycles. The molecule has 0 aromatic rings. The van der Waals surface area contributed by atoms with Crippen molar-refractivity contribution in [3.63, 3.8) is 0 Å². The maximum Gasteiger partial charge on any atom is 0.490 e. The average molecular weight is 697 g/mol. The van der Waals surface area contributed by atoms with Gasteiger partial charge in [-0.1, -0.05) is 0 Å². The van der Waals surface area contributed by atoms with E-state index in [1.54, 1.807) is 41.5 Å². The zero-order valence-electron chi connectivity index (χ0n) is 21.8. The van der Waals surface area contributed by atoms with Gasteiger partial charge in [0.2, 0.25) is 0 Å². The first-order chi connectivity index (χ1) is 14.8. The molecule has 0 aliphatic rings. The molecule has 36 heavy (non-hydrogen) atoms. The monoisotopic (exact) mass is 694 g/mol. The molecule has 16 heteroatoms. The molecule has 0 spiro atoms. The van der Waals surface area contributed by atoms with Crippen LogP contribution in [0, 0.1) is 0 Å². The summed E-state index contributed by atoms with van der Waals surface area (Å²) in [6.45, 7) is 13.0. The SMILES string of the molecule is C[C@H](O)CN(C[C@H](C)O)C[C@H](C)O.C[C@H](O)CN(C[C@H](C)O)C[C@H](C)O.O.O=C(O)C(F)(F)F.[Zr].[Zr]. The summed E-state index contributed by atoms with van der Waals surface area (Å²) in [5.74, 6) is -2.76. The van der Waals surface area contributed by atoms with Crippen LogP contribution < -0.4 is 0 Å². The fourth-order valence-corrected chi connectivity index (χ4v) is 2.69. The summed E-state index contributed by atoms with van der Waals surface area (Å²) in [4.78, 5) is 12.6. The maximum atomic E-state index is 10.6. The van der Waals surface area contributed by atoms with Gasteiger partial charge >= 0.3 is 12.1 Å². The average Bonchev–Trinajstić information content (AvgIpc) is 2.50. The Labute approximate surface area is 249 Å². The van der Waals surface area contributed by atoms with Gasteiger partial charge in [-0.25, -0.2) is 4.79 Å². The normalized spacial score (nSPS) is 15.7. The largest absolute Gasteiger partial charge is 0.490 e. The van der Waals surface area contributed by atoms with Crippen molar-refractivity contribution >= 4 is 5.97 Å². The van der Waals surface area contributed by atoms with Crippen LogP contribution in [0.2, 0.25) is 0 Å². The van der Waals surface area contributed by atoms with Gasteiger partial charge in [-0.05, 0) is 41.5 Å². The van der Waals surface area contributed by atoms with Gasteiger partial charge in [-0.2, -0.15) is 13.2 Å². The topological polar surface area (TPSA) is 197 Å². The number of rotatable bonds is 12. The predicted molar refractivity (Wildman–Crippen MR) is 120 cm³/mol. The van der Waals surface area contributed by atoms with Crippen molar-refractivity contribution in [2.24, 2.45) is 0 Å². The number of alkyl halides is 3. The Hall–Kier alpha value is 0.666. The van der Waals surface area contributed by atoms with Gasteiger partial charge in [0.05, 0.1) is 36.6 Å². The van der Waals surface area contributed by atoms with Gasteiger partial charge in [0.15, 0.2) is 0 Å². The maximum absolute atomic E-state index is 10.6. The molecule has 0 fully saturated rings. The molecule has 0 unspecified atom stereocenters. The van der Waals surface area contributed by atoms with Crippen LogP contribution in [0.4, 0.5) is 13.2 Å². The summed E-state index contributed by atoms with van der Waals surface area (Å²) in [5.41, 5.74) is 0. The van der Waals surface area contributed by atoms with Crippen LogP contribution >= 0.6 is 0 Å². The van der Waals surface area contributed by atoms with E-state index in [1.807, 2.05) is 9.80 Å². The molecule has 0 aliphatic heterocycles. The van der Waals surface area contributed by atoms with Gasteiger partial charge in [-0.3, -0.25) is 9.80 Å². The molecule has 0 bridgehead atoms. The van der Waals surface area contributed by atoms with Gasteiger partial charge in [0.1, 0.15) is 0 Å². The molecule has 0 saturated heterocycles. The molecule has 9 N–H and O–H groups in total. The predicted octanol–water partition coefficient (Wildman–Crippen LogP) is -1.33. The van der Waals surface area contributed by atoms with E-state index >= 15 is 0 Å². The minimum atomic E-state index is -5.08. The smallest absolute Gasteiger partial charge is 0.475 e. The number of halogens is 3. The standard InChI is InChI=1S/2C9H21NO3.C2HF3O2.H2O.2Zr/c2*1-7(11)4-10(5-8(2)12)6-9(3)13;3-2(4,5)1(6)7;;;/h2*7-9,11-13H,4-6H2,1-3H3;(H,6,7);1H2;;/t2*7-,8-,9-;;;;/m00..../s1. The quantitative estimate of drug-likeness (QED) is 0.128. The van der Waals surface area contributed by atoms with Gasteiger partial charge < -0.3 is 41.2 Å². The van der Waals surface area contributed by atoms with E-state index in [0.29, 0.717) is 39.3 Å². The molecule has 0 aromatic carbocycles. The van der Waals surface area contributed by atoms with E-state index in [4.69, 9.17) is 40.5 Å². The molecular formula is C20H45F3N2O9Zr2. The number of aliphatic hydroxyl groups is 6. The zero-order valence-corrected chi connectivity index (χ0v) is 26.7. The second-order valence-corrected chi connectivity index (χ2v) is 8.33. The van der Waals surface area contributed by atoms with Crippen LogP contribution in [0.15, 0.2) is 0 Å². The number of aliphatic carboxylic acids is 1. The van der Waals surface area contributed by atoms with Crippen molar-refractivity contribution < 1.29 is 112 Å².